The highest BCUT2D eigenvalue weighted by atomic mass is 32.2. The Morgan fingerprint density at radius 3 is 2.69 bits per heavy atom. The first-order valence-corrected chi connectivity index (χ1v) is 8.80. The summed E-state index contributed by atoms with van der Waals surface area (Å²) >= 11 is 0.818. The van der Waals surface area contributed by atoms with Gasteiger partial charge in [0.1, 0.15) is 12.3 Å². The van der Waals surface area contributed by atoms with Crippen molar-refractivity contribution in [2.24, 2.45) is 0 Å². The smallest absolute Gasteiger partial charge is 0.294 e. The number of nitrogens with zero attached hydrogens (tertiary/aromatic N) is 1. The summed E-state index contributed by atoms with van der Waals surface area (Å²) in [5.74, 6) is -0.222. The Morgan fingerprint density at radius 2 is 2.04 bits per heavy atom. The molecule has 1 saturated heterocycles. The van der Waals surface area contributed by atoms with E-state index < -0.39 is 17.1 Å². The Labute approximate surface area is 154 Å². The number of hydrogen-bond acceptors (Lipinski definition) is 5. The fourth-order valence-corrected chi connectivity index (χ4v) is 3.19. The van der Waals surface area contributed by atoms with Crippen molar-refractivity contribution in [2.75, 3.05) is 18.5 Å². The third kappa shape index (κ3) is 4.15. The number of carbonyl (C=O) groups is 3. The molecule has 7 nitrogen and oxygen atoms in total. The molecule has 2 heterocycles. The van der Waals surface area contributed by atoms with E-state index in [4.69, 9.17) is 4.74 Å². The molecule has 0 atom stereocenters. The monoisotopic (exact) mass is 371 g/mol. The number of nitrogens with one attached hydrogen (secondary N) is 2. The van der Waals surface area contributed by atoms with Crippen molar-refractivity contribution in [3.63, 3.8) is 0 Å². The molecule has 2 N–H and O–H groups in total. The molecule has 3 rings (SSSR count). The molecule has 0 radical (unpaired) electrons. The third-order valence-electron chi connectivity index (χ3n) is 3.53. The Morgan fingerprint density at radius 1 is 1.27 bits per heavy atom. The van der Waals surface area contributed by atoms with Crippen molar-refractivity contribution < 1.29 is 19.1 Å². The zero-order valence-electron chi connectivity index (χ0n) is 14.0. The van der Waals surface area contributed by atoms with Gasteiger partial charge in [-0.15, -0.1) is 0 Å². The van der Waals surface area contributed by atoms with Crippen molar-refractivity contribution in [1.82, 2.24) is 9.88 Å². The molecule has 0 aliphatic carbocycles. The van der Waals surface area contributed by atoms with Gasteiger partial charge in [-0.3, -0.25) is 19.3 Å². The van der Waals surface area contributed by atoms with Crippen LogP contribution >= 0.6 is 11.8 Å². The topological polar surface area (TPSA) is 91.5 Å². The zero-order chi connectivity index (χ0) is 18.5. The summed E-state index contributed by atoms with van der Waals surface area (Å²) in [4.78, 5) is 40.7. The van der Waals surface area contributed by atoms with Crippen LogP contribution in [0.5, 0.6) is 5.75 Å². The summed E-state index contributed by atoms with van der Waals surface area (Å²) in [6.45, 7) is 2.11. The van der Waals surface area contributed by atoms with E-state index >= 15 is 0 Å². The normalized spacial score (nSPS) is 15.6. The van der Waals surface area contributed by atoms with Crippen molar-refractivity contribution >= 4 is 40.6 Å². The van der Waals surface area contributed by atoms with Gasteiger partial charge in [0.15, 0.2) is 0 Å². The first-order valence-electron chi connectivity index (χ1n) is 7.98. The summed E-state index contributed by atoms with van der Waals surface area (Å²) in [7, 11) is 0. The number of H-pyrrole nitrogens is 1. The molecule has 1 aromatic heterocycles. The van der Waals surface area contributed by atoms with Gasteiger partial charge in [0.25, 0.3) is 11.1 Å². The standard InChI is InChI=1S/C18H17N3O4S/c1-2-25-14-7-5-12(6-8-14)20-16(22)11-21-17(23)15(26-18(21)24)10-13-4-3-9-19-13/h3-10,19H,2,11H2,1H3,(H,20,22)/b15-10+. The molecule has 26 heavy (non-hydrogen) atoms. The number of imide groups is 1. The average molecular weight is 371 g/mol. The summed E-state index contributed by atoms with van der Waals surface area (Å²) in [5, 5.41) is 2.20. The molecule has 3 amide bonds. The number of amides is 3. The Balaban J connectivity index is 1.62. The van der Waals surface area contributed by atoms with Gasteiger partial charge in [0, 0.05) is 17.6 Å². The number of thioether (sulfide) groups is 1. The van der Waals surface area contributed by atoms with Crippen LogP contribution in [0.25, 0.3) is 6.08 Å². The maximum Gasteiger partial charge on any atom is 0.294 e. The quantitative estimate of drug-likeness (QED) is 0.762. The number of aromatic nitrogens is 1. The number of carbonyl (C=O) groups excluding carboxylic acids is 3. The van der Waals surface area contributed by atoms with Crippen LogP contribution < -0.4 is 10.1 Å². The van der Waals surface area contributed by atoms with E-state index in [9.17, 15) is 14.4 Å². The van der Waals surface area contributed by atoms with E-state index in [0.29, 0.717) is 23.7 Å². The summed E-state index contributed by atoms with van der Waals surface area (Å²) in [6.07, 6.45) is 3.32. The van der Waals surface area contributed by atoms with E-state index in [0.717, 1.165) is 16.7 Å². The highest BCUT2D eigenvalue weighted by molar-refractivity contribution is 8.18. The van der Waals surface area contributed by atoms with Crippen LogP contribution in [0.3, 0.4) is 0 Å². The lowest BCUT2D eigenvalue weighted by Gasteiger charge is -2.12. The molecule has 0 saturated carbocycles. The highest BCUT2D eigenvalue weighted by Gasteiger charge is 2.36. The summed E-state index contributed by atoms with van der Waals surface area (Å²) < 4.78 is 5.33. The third-order valence-corrected chi connectivity index (χ3v) is 4.44. The van der Waals surface area contributed by atoms with E-state index in [1.54, 1.807) is 48.7 Å². The maximum absolute atomic E-state index is 12.4. The predicted octanol–water partition coefficient (Wildman–Crippen LogP) is 3.09. The van der Waals surface area contributed by atoms with Crippen molar-refractivity contribution in [3.8, 4) is 5.75 Å². The second kappa shape index (κ2) is 7.92. The molecule has 1 aromatic carbocycles. The van der Waals surface area contributed by atoms with Crippen LogP contribution in [-0.2, 0) is 9.59 Å². The second-order valence-corrected chi connectivity index (χ2v) is 6.39. The summed E-state index contributed by atoms with van der Waals surface area (Å²) in [6, 6.07) is 10.4. The van der Waals surface area contributed by atoms with E-state index in [1.807, 2.05) is 6.92 Å². The SMILES string of the molecule is CCOc1ccc(NC(=O)CN2C(=O)S/C(=C/c3ccc[nH]3)C2=O)cc1. The lowest BCUT2D eigenvalue weighted by atomic mass is 10.3. The van der Waals surface area contributed by atoms with E-state index in [1.165, 1.54) is 0 Å². The van der Waals surface area contributed by atoms with Crippen LogP contribution in [0.15, 0.2) is 47.5 Å². The molecule has 2 aromatic rings. The first-order chi connectivity index (χ1) is 12.6. The fraction of sp³-hybridized carbons (Fsp3) is 0.167. The van der Waals surface area contributed by atoms with Gasteiger partial charge in [-0.05, 0) is 61.2 Å². The number of hydrogen-bond donors (Lipinski definition) is 2. The molecule has 1 fully saturated rings. The van der Waals surface area contributed by atoms with Crippen molar-refractivity contribution in [1.29, 1.82) is 0 Å². The van der Waals surface area contributed by atoms with Gasteiger partial charge in [0.2, 0.25) is 5.91 Å². The van der Waals surface area contributed by atoms with Crippen LogP contribution in [0.4, 0.5) is 10.5 Å². The molecule has 1 aliphatic rings. The molecule has 134 valence electrons. The predicted molar refractivity (Wildman–Crippen MR) is 99.7 cm³/mol. The fourth-order valence-electron chi connectivity index (χ4n) is 2.36. The minimum atomic E-state index is -0.476. The molecule has 0 spiro atoms. The zero-order valence-corrected chi connectivity index (χ0v) is 14.8. The van der Waals surface area contributed by atoms with Gasteiger partial charge in [0.05, 0.1) is 11.5 Å². The first kappa shape index (κ1) is 17.8. The van der Waals surface area contributed by atoms with Gasteiger partial charge in [-0.2, -0.15) is 0 Å². The number of ether oxygens (including phenoxy) is 1. The Hall–Kier alpha value is -3.00. The van der Waals surface area contributed by atoms with Crippen LogP contribution in [0, 0.1) is 0 Å². The van der Waals surface area contributed by atoms with Crippen molar-refractivity contribution in [3.05, 3.63) is 53.2 Å². The van der Waals surface area contributed by atoms with Gasteiger partial charge < -0.3 is 15.0 Å². The summed E-state index contributed by atoms with van der Waals surface area (Å²) in [5.41, 5.74) is 1.28. The number of rotatable bonds is 6. The van der Waals surface area contributed by atoms with Crippen LogP contribution in [0.1, 0.15) is 12.6 Å². The highest BCUT2D eigenvalue weighted by Crippen LogP contribution is 2.31. The number of aromatic amines is 1. The van der Waals surface area contributed by atoms with E-state index in [-0.39, 0.29) is 11.4 Å². The molecule has 0 bridgehead atoms. The minimum Gasteiger partial charge on any atom is -0.494 e. The largest absolute Gasteiger partial charge is 0.494 e. The minimum absolute atomic E-state index is 0.284. The lowest BCUT2D eigenvalue weighted by molar-refractivity contribution is -0.127. The Kier molecular flexibility index (Phi) is 5.43. The second-order valence-electron chi connectivity index (χ2n) is 5.40. The molecular formula is C18H17N3O4S. The van der Waals surface area contributed by atoms with Gasteiger partial charge in [-0.25, -0.2) is 0 Å². The molecular weight excluding hydrogens is 354 g/mol. The molecule has 1 aliphatic heterocycles. The van der Waals surface area contributed by atoms with E-state index in [2.05, 4.69) is 10.3 Å². The Bertz CT molecular complexity index is 844. The average Bonchev–Trinajstić information content (AvgIpc) is 3.21. The van der Waals surface area contributed by atoms with Crippen LogP contribution in [0.2, 0.25) is 0 Å². The maximum atomic E-state index is 12.4. The van der Waals surface area contributed by atoms with Gasteiger partial charge in [-0.1, -0.05) is 0 Å². The molecule has 8 heteroatoms. The lowest BCUT2D eigenvalue weighted by Crippen LogP contribution is -2.36. The van der Waals surface area contributed by atoms with Gasteiger partial charge >= 0.3 is 0 Å². The van der Waals surface area contributed by atoms with Crippen molar-refractivity contribution in [2.45, 2.75) is 6.92 Å². The number of anilines is 1. The number of benzene rings is 1. The molecule has 0 unspecified atom stereocenters. The van der Waals surface area contributed by atoms with Crippen LogP contribution in [-0.4, -0.2) is 40.1 Å².